The van der Waals surface area contributed by atoms with E-state index in [1.807, 2.05) is 6.92 Å². The van der Waals surface area contributed by atoms with Crippen molar-refractivity contribution in [2.24, 2.45) is 0 Å². The lowest BCUT2D eigenvalue weighted by Gasteiger charge is -2.13. The van der Waals surface area contributed by atoms with Crippen molar-refractivity contribution < 1.29 is 13.9 Å². The number of halogens is 1. The summed E-state index contributed by atoms with van der Waals surface area (Å²) in [6.07, 6.45) is 3.05. The topological polar surface area (TPSA) is 39.2 Å². The van der Waals surface area contributed by atoms with Gasteiger partial charge in [-0.15, -0.1) is 11.3 Å². The predicted octanol–water partition coefficient (Wildman–Crippen LogP) is 4.79. The third kappa shape index (κ3) is 4.05. The molecule has 3 nitrogen and oxygen atoms in total. The number of nitrogens with zero attached hydrogens (tertiary/aromatic N) is 1. The van der Waals surface area contributed by atoms with Crippen molar-refractivity contribution in [3.63, 3.8) is 0 Å². The van der Waals surface area contributed by atoms with Gasteiger partial charge in [0, 0.05) is 5.41 Å². The van der Waals surface area contributed by atoms with Crippen LogP contribution in [0.2, 0.25) is 0 Å². The van der Waals surface area contributed by atoms with Crippen LogP contribution in [0.5, 0.6) is 5.75 Å². The summed E-state index contributed by atoms with van der Waals surface area (Å²) in [6, 6.07) is 4.57. The maximum atomic E-state index is 13.6. The first-order chi connectivity index (χ1) is 10.7. The Morgan fingerprint density at radius 3 is 2.57 bits per heavy atom. The lowest BCUT2D eigenvalue weighted by atomic mass is 9.98. The summed E-state index contributed by atoms with van der Waals surface area (Å²) in [4.78, 5) is 17.5. The number of thiazole rings is 1. The van der Waals surface area contributed by atoms with Crippen molar-refractivity contribution >= 4 is 23.2 Å². The van der Waals surface area contributed by atoms with Crippen LogP contribution in [0.25, 0.3) is 6.08 Å². The highest BCUT2D eigenvalue weighted by Crippen LogP contribution is 2.29. The van der Waals surface area contributed by atoms with Gasteiger partial charge in [0.2, 0.25) is 0 Å². The zero-order chi connectivity index (χ0) is 17.2. The van der Waals surface area contributed by atoms with Crippen LogP contribution < -0.4 is 4.74 Å². The second-order valence-corrected chi connectivity index (χ2v) is 7.27. The maximum absolute atomic E-state index is 13.6. The summed E-state index contributed by atoms with van der Waals surface area (Å²) in [5, 5.41) is 0.933. The minimum Gasteiger partial charge on any atom is -0.494 e. The number of ether oxygens (including phenoxy) is 1. The number of aryl methyl sites for hydroxylation is 1. The van der Waals surface area contributed by atoms with Crippen LogP contribution in [0.3, 0.4) is 0 Å². The van der Waals surface area contributed by atoms with E-state index >= 15 is 0 Å². The van der Waals surface area contributed by atoms with Crippen molar-refractivity contribution in [2.45, 2.75) is 33.1 Å². The molecule has 1 aromatic heterocycles. The first-order valence-electron chi connectivity index (χ1n) is 7.26. The second-order valence-electron chi connectivity index (χ2n) is 6.28. The molecule has 0 aliphatic heterocycles. The molecule has 122 valence electrons. The van der Waals surface area contributed by atoms with Gasteiger partial charge in [-0.2, -0.15) is 0 Å². The van der Waals surface area contributed by atoms with Gasteiger partial charge in [-0.25, -0.2) is 9.37 Å². The minimum atomic E-state index is -0.453. The molecule has 5 heteroatoms. The van der Waals surface area contributed by atoms with E-state index in [9.17, 15) is 9.18 Å². The number of aromatic nitrogens is 1. The van der Waals surface area contributed by atoms with Crippen molar-refractivity contribution in [2.75, 3.05) is 7.11 Å². The molecule has 2 aromatic rings. The number of benzene rings is 1. The number of carbonyl (C=O) groups is 1. The molecule has 0 unspecified atom stereocenters. The van der Waals surface area contributed by atoms with E-state index in [-0.39, 0.29) is 16.9 Å². The molecule has 0 saturated heterocycles. The van der Waals surface area contributed by atoms with Gasteiger partial charge in [0.15, 0.2) is 17.3 Å². The Kier molecular flexibility index (Phi) is 5.00. The predicted molar refractivity (Wildman–Crippen MR) is 91.9 cm³/mol. The number of carbonyl (C=O) groups excluding carboxylic acids is 1. The molecule has 0 saturated carbocycles. The highest BCUT2D eigenvalue weighted by atomic mass is 32.1. The fraction of sp³-hybridized carbons (Fsp3) is 0.333. The van der Waals surface area contributed by atoms with Crippen LogP contribution in [0, 0.1) is 12.7 Å². The Labute approximate surface area is 139 Å². The smallest absolute Gasteiger partial charge is 0.197 e. The van der Waals surface area contributed by atoms with Gasteiger partial charge in [-0.3, -0.25) is 4.79 Å². The molecule has 0 fully saturated rings. The lowest BCUT2D eigenvalue weighted by Crippen LogP contribution is -2.10. The highest BCUT2D eigenvalue weighted by Gasteiger charge is 2.22. The molecule has 0 N–H and O–H groups in total. The normalized spacial score (nSPS) is 11.9. The Morgan fingerprint density at radius 1 is 1.35 bits per heavy atom. The Morgan fingerprint density at radius 2 is 2.04 bits per heavy atom. The third-order valence-corrected chi connectivity index (χ3v) is 4.86. The van der Waals surface area contributed by atoms with E-state index in [4.69, 9.17) is 4.74 Å². The highest BCUT2D eigenvalue weighted by molar-refractivity contribution is 7.14. The minimum absolute atomic E-state index is 0.0865. The van der Waals surface area contributed by atoms with E-state index in [0.29, 0.717) is 10.4 Å². The number of rotatable bonds is 4. The summed E-state index contributed by atoms with van der Waals surface area (Å²) in [7, 11) is 1.41. The van der Waals surface area contributed by atoms with E-state index < -0.39 is 5.82 Å². The molecule has 23 heavy (non-hydrogen) atoms. The van der Waals surface area contributed by atoms with E-state index in [0.717, 1.165) is 10.7 Å². The molecule has 1 aromatic carbocycles. The number of ketones is 1. The fourth-order valence-corrected chi connectivity index (χ4v) is 3.02. The van der Waals surface area contributed by atoms with Crippen LogP contribution in [0.15, 0.2) is 24.3 Å². The van der Waals surface area contributed by atoms with E-state index in [1.165, 1.54) is 36.7 Å². The molecule has 0 aliphatic rings. The number of allylic oxidation sites excluding steroid dienone is 1. The first-order valence-corrected chi connectivity index (χ1v) is 8.08. The zero-order valence-corrected chi connectivity index (χ0v) is 14.8. The van der Waals surface area contributed by atoms with Crippen LogP contribution in [0.1, 0.15) is 46.7 Å². The van der Waals surface area contributed by atoms with Gasteiger partial charge in [0.1, 0.15) is 0 Å². The number of hydrogen-bond acceptors (Lipinski definition) is 4. The van der Waals surface area contributed by atoms with Gasteiger partial charge in [0.25, 0.3) is 0 Å². The molecular weight excluding hydrogens is 313 g/mol. The van der Waals surface area contributed by atoms with Crippen molar-refractivity contribution in [3.8, 4) is 5.75 Å². The fourth-order valence-electron chi connectivity index (χ4n) is 1.98. The zero-order valence-electron chi connectivity index (χ0n) is 13.9. The van der Waals surface area contributed by atoms with Gasteiger partial charge >= 0.3 is 0 Å². The van der Waals surface area contributed by atoms with Gasteiger partial charge in [0.05, 0.1) is 22.7 Å². The third-order valence-electron chi connectivity index (χ3n) is 3.26. The molecular formula is C18H20FNO2S. The maximum Gasteiger partial charge on any atom is 0.197 e. The van der Waals surface area contributed by atoms with E-state index in [1.54, 1.807) is 12.1 Å². The molecule has 0 amide bonds. The average molecular weight is 333 g/mol. The van der Waals surface area contributed by atoms with E-state index in [2.05, 4.69) is 25.8 Å². The summed E-state index contributed by atoms with van der Waals surface area (Å²) in [5.74, 6) is -0.389. The molecule has 0 radical (unpaired) electrons. The molecule has 1 heterocycles. The van der Waals surface area contributed by atoms with Gasteiger partial charge < -0.3 is 4.74 Å². The van der Waals surface area contributed by atoms with Gasteiger partial charge in [-0.1, -0.05) is 32.9 Å². The molecule has 2 rings (SSSR count). The Bertz CT molecular complexity index is 757. The standard InChI is InChI=1S/C18H20FNO2S/c1-11-16(23-17(20-11)18(2,3)4)14(21)8-6-12-7-9-15(22-5)13(19)10-12/h6-10H,1-5H3/b8-6+. The SMILES string of the molecule is COc1ccc(/C=C/C(=O)c2sc(C(C)(C)C)nc2C)cc1F. The Hall–Kier alpha value is -2.01. The molecule has 0 aliphatic carbocycles. The van der Waals surface area contributed by atoms with Gasteiger partial charge in [-0.05, 0) is 30.7 Å². The van der Waals surface area contributed by atoms with Crippen LogP contribution in [-0.2, 0) is 5.41 Å². The number of hydrogen-bond donors (Lipinski definition) is 0. The first kappa shape index (κ1) is 17.3. The Balaban J connectivity index is 2.22. The van der Waals surface area contributed by atoms with Crippen LogP contribution in [-0.4, -0.2) is 17.9 Å². The van der Waals surface area contributed by atoms with Crippen molar-refractivity contribution in [3.05, 3.63) is 51.2 Å². The largest absolute Gasteiger partial charge is 0.494 e. The molecule has 0 atom stereocenters. The summed E-state index contributed by atoms with van der Waals surface area (Å²) in [6.45, 7) is 8.03. The monoisotopic (exact) mass is 333 g/mol. The molecule has 0 spiro atoms. The second kappa shape index (κ2) is 6.62. The number of methoxy groups -OCH3 is 1. The average Bonchev–Trinajstić information content (AvgIpc) is 2.87. The lowest BCUT2D eigenvalue weighted by molar-refractivity contribution is 0.105. The quantitative estimate of drug-likeness (QED) is 0.596. The van der Waals surface area contributed by atoms with Crippen LogP contribution >= 0.6 is 11.3 Å². The summed E-state index contributed by atoms with van der Waals surface area (Å²) in [5.41, 5.74) is 1.25. The van der Waals surface area contributed by atoms with Crippen LogP contribution in [0.4, 0.5) is 4.39 Å². The summed E-state index contributed by atoms with van der Waals surface area (Å²) >= 11 is 1.41. The van der Waals surface area contributed by atoms with Crippen molar-refractivity contribution in [1.29, 1.82) is 0 Å². The van der Waals surface area contributed by atoms with Crippen molar-refractivity contribution in [1.82, 2.24) is 4.98 Å². The summed E-state index contributed by atoms with van der Waals surface area (Å²) < 4.78 is 18.5. The molecule has 0 bridgehead atoms.